The van der Waals surface area contributed by atoms with Crippen molar-refractivity contribution in [2.24, 2.45) is 0 Å². The van der Waals surface area contributed by atoms with Gasteiger partial charge >= 0.3 is 5.97 Å². The Labute approximate surface area is 135 Å². The zero-order valence-electron chi connectivity index (χ0n) is 13.2. The van der Waals surface area contributed by atoms with Crippen molar-refractivity contribution in [3.05, 3.63) is 48.1 Å². The number of nitrogens with zero attached hydrogens (tertiary/aromatic N) is 2. The molecule has 0 heterocycles. The molecule has 0 saturated carbocycles. The van der Waals surface area contributed by atoms with Crippen LogP contribution in [-0.2, 0) is 14.3 Å². The first kappa shape index (κ1) is 18.0. The molecule has 0 saturated heterocycles. The van der Waals surface area contributed by atoms with Gasteiger partial charge in [-0.1, -0.05) is 18.2 Å². The van der Waals surface area contributed by atoms with Gasteiger partial charge in [-0.15, -0.1) is 6.58 Å². The Balaban J connectivity index is 2.71. The van der Waals surface area contributed by atoms with E-state index in [2.05, 4.69) is 11.9 Å². The van der Waals surface area contributed by atoms with Crippen molar-refractivity contribution < 1.29 is 14.3 Å². The molecule has 1 aromatic rings. The summed E-state index contributed by atoms with van der Waals surface area (Å²) < 4.78 is 4.80. The van der Waals surface area contributed by atoms with E-state index in [-0.39, 0.29) is 12.1 Å². The van der Waals surface area contributed by atoms with Crippen LogP contribution in [-0.4, -0.2) is 39.1 Å². The Morgan fingerprint density at radius 2 is 2.00 bits per heavy atom. The molecule has 0 aliphatic carbocycles. The zero-order chi connectivity index (χ0) is 17.2. The largest absolute Gasteiger partial charge is 0.451 e. The lowest BCUT2D eigenvalue weighted by atomic mass is 10.1. The molecule has 23 heavy (non-hydrogen) atoms. The number of anilines is 1. The molecule has 0 aliphatic rings. The number of ether oxygens (including phenoxy) is 1. The van der Waals surface area contributed by atoms with Gasteiger partial charge in [0.25, 0.3) is 5.91 Å². The lowest BCUT2D eigenvalue weighted by Crippen LogP contribution is -2.28. The second kappa shape index (κ2) is 9.05. The quantitative estimate of drug-likeness (QED) is 0.357. The van der Waals surface area contributed by atoms with Gasteiger partial charge < -0.3 is 15.0 Å². The van der Waals surface area contributed by atoms with E-state index in [0.717, 1.165) is 5.69 Å². The molecule has 0 atom stereocenters. The average Bonchev–Trinajstić information content (AvgIpc) is 2.55. The number of nitrogens with one attached hydrogen (secondary N) is 1. The summed E-state index contributed by atoms with van der Waals surface area (Å²) in [5.41, 5.74) is 1.53. The molecule has 0 spiro atoms. The highest BCUT2D eigenvalue weighted by Crippen LogP contribution is 2.15. The number of benzene rings is 1. The Kier molecular flexibility index (Phi) is 7.08. The predicted octanol–water partition coefficient (Wildman–Crippen LogP) is 1.50. The molecule has 6 nitrogen and oxygen atoms in total. The Morgan fingerprint density at radius 3 is 2.52 bits per heavy atom. The van der Waals surface area contributed by atoms with Crippen molar-refractivity contribution >= 4 is 23.6 Å². The normalized spacial score (nSPS) is 10.4. The molecule has 0 bridgehead atoms. The number of esters is 1. The Hall–Kier alpha value is -3.07. The van der Waals surface area contributed by atoms with E-state index in [1.54, 1.807) is 18.2 Å². The summed E-state index contributed by atoms with van der Waals surface area (Å²) in [6, 6.07) is 9.10. The molecule has 120 valence electrons. The van der Waals surface area contributed by atoms with Gasteiger partial charge in [0.1, 0.15) is 11.6 Å². The Bertz CT molecular complexity index is 640. The van der Waals surface area contributed by atoms with Gasteiger partial charge in [0.05, 0.1) is 0 Å². The highest BCUT2D eigenvalue weighted by atomic mass is 16.5. The highest BCUT2D eigenvalue weighted by molar-refractivity contribution is 5.98. The van der Waals surface area contributed by atoms with E-state index in [1.807, 2.05) is 31.1 Å². The second-order valence-corrected chi connectivity index (χ2v) is 4.82. The monoisotopic (exact) mass is 313 g/mol. The molecule has 1 rings (SSSR count). The van der Waals surface area contributed by atoms with Gasteiger partial charge in [-0.25, -0.2) is 4.79 Å². The molecule has 1 amide bonds. The van der Waals surface area contributed by atoms with Crippen molar-refractivity contribution in [3.8, 4) is 6.07 Å². The number of nitriles is 1. The number of carbonyl (C=O) groups excluding carboxylic acids is 2. The van der Waals surface area contributed by atoms with Crippen LogP contribution in [0.15, 0.2) is 42.5 Å². The Morgan fingerprint density at radius 1 is 1.35 bits per heavy atom. The lowest BCUT2D eigenvalue weighted by Gasteiger charge is -2.11. The number of rotatable bonds is 7. The molecule has 0 radical (unpaired) electrons. The molecular formula is C17H19N3O3. The first-order valence-corrected chi connectivity index (χ1v) is 6.92. The maximum absolute atomic E-state index is 11.8. The van der Waals surface area contributed by atoms with Crippen LogP contribution in [0.3, 0.4) is 0 Å². The van der Waals surface area contributed by atoms with Crippen LogP contribution >= 0.6 is 0 Å². The molecule has 1 N–H and O–H groups in total. The molecule has 0 aromatic heterocycles. The van der Waals surface area contributed by atoms with Crippen molar-refractivity contribution in [1.82, 2.24) is 5.32 Å². The van der Waals surface area contributed by atoms with E-state index in [4.69, 9.17) is 10.00 Å². The van der Waals surface area contributed by atoms with Crippen molar-refractivity contribution in [2.45, 2.75) is 0 Å². The van der Waals surface area contributed by atoms with Crippen LogP contribution in [0.5, 0.6) is 0 Å². The predicted molar refractivity (Wildman–Crippen MR) is 88.5 cm³/mol. The van der Waals surface area contributed by atoms with Crippen molar-refractivity contribution in [1.29, 1.82) is 5.26 Å². The molecule has 0 unspecified atom stereocenters. The zero-order valence-corrected chi connectivity index (χ0v) is 13.2. The van der Waals surface area contributed by atoms with Crippen molar-refractivity contribution in [3.63, 3.8) is 0 Å². The average molecular weight is 313 g/mol. The fourth-order valence-corrected chi connectivity index (χ4v) is 1.62. The number of hydrogen-bond donors (Lipinski definition) is 1. The summed E-state index contributed by atoms with van der Waals surface area (Å²) in [5.74, 6) is -1.29. The SMILES string of the molecule is C=CCNC(=O)COC(=O)/C(C#N)=C/c1ccc(N(C)C)cc1. The van der Waals surface area contributed by atoms with Gasteiger partial charge in [0.2, 0.25) is 0 Å². The van der Waals surface area contributed by atoms with Crippen LogP contribution in [0.2, 0.25) is 0 Å². The third-order valence-electron chi connectivity index (χ3n) is 2.84. The minimum atomic E-state index is -0.835. The van der Waals surface area contributed by atoms with Crippen LogP contribution in [0.4, 0.5) is 5.69 Å². The van der Waals surface area contributed by atoms with Gasteiger partial charge in [0, 0.05) is 26.3 Å². The lowest BCUT2D eigenvalue weighted by molar-refractivity contribution is -0.144. The second-order valence-electron chi connectivity index (χ2n) is 4.82. The van der Waals surface area contributed by atoms with E-state index in [1.165, 1.54) is 12.2 Å². The number of carbonyl (C=O) groups is 2. The summed E-state index contributed by atoms with van der Waals surface area (Å²) in [4.78, 5) is 25.1. The summed E-state index contributed by atoms with van der Waals surface area (Å²) in [7, 11) is 3.83. The van der Waals surface area contributed by atoms with Crippen molar-refractivity contribution in [2.75, 3.05) is 32.1 Å². The van der Waals surface area contributed by atoms with Gasteiger partial charge in [-0.3, -0.25) is 4.79 Å². The number of hydrogen-bond acceptors (Lipinski definition) is 5. The minimum Gasteiger partial charge on any atom is -0.451 e. The standard InChI is InChI=1S/C17H19N3O3/c1-4-9-19-16(21)12-23-17(22)14(11-18)10-13-5-7-15(8-6-13)20(2)3/h4-8,10H,1,9,12H2,2-3H3,(H,19,21)/b14-10+. The third-order valence-corrected chi connectivity index (χ3v) is 2.84. The molecule has 1 aromatic carbocycles. The van der Waals surface area contributed by atoms with Crippen LogP contribution < -0.4 is 10.2 Å². The fraction of sp³-hybridized carbons (Fsp3) is 0.235. The summed E-state index contributed by atoms with van der Waals surface area (Å²) in [6.07, 6.45) is 2.93. The maximum Gasteiger partial charge on any atom is 0.349 e. The maximum atomic E-state index is 11.8. The summed E-state index contributed by atoms with van der Waals surface area (Å²) in [5, 5.41) is 11.5. The van der Waals surface area contributed by atoms with Gasteiger partial charge in [0.15, 0.2) is 6.61 Å². The first-order chi connectivity index (χ1) is 11.0. The van der Waals surface area contributed by atoms with E-state index >= 15 is 0 Å². The molecule has 6 heteroatoms. The highest BCUT2D eigenvalue weighted by Gasteiger charge is 2.12. The van der Waals surface area contributed by atoms with Crippen LogP contribution in [0.25, 0.3) is 6.08 Å². The van der Waals surface area contributed by atoms with E-state index in [0.29, 0.717) is 5.56 Å². The van der Waals surface area contributed by atoms with E-state index < -0.39 is 18.5 Å². The van der Waals surface area contributed by atoms with Gasteiger partial charge in [-0.05, 0) is 23.8 Å². The first-order valence-electron chi connectivity index (χ1n) is 6.92. The fourth-order valence-electron chi connectivity index (χ4n) is 1.62. The minimum absolute atomic E-state index is 0.167. The third kappa shape index (κ3) is 6.06. The number of amides is 1. The molecule has 0 aliphatic heterocycles. The summed E-state index contributed by atoms with van der Waals surface area (Å²) in [6.45, 7) is 3.30. The van der Waals surface area contributed by atoms with Crippen LogP contribution in [0.1, 0.15) is 5.56 Å². The molecular weight excluding hydrogens is 294 g/mol. The van der Waals surface area contributed by atoms with Gasteiger partial charge in [-0.2, -0.15) is 5.26 Å². The topological polar surface area (TPSA) is 82.4 Å². The molecule has 0 fully saturated rings. The van der Waals surface area contributed by atoms with Crippen LogP contribution in [0, 0.1) is 11.3 Å². The smallest absolute Gasteiger partial charge is 0.349 e. The summed E-state index contributed by atoms with van der Waals surface area (Å²) >= 11 is 0. The van der Waals surface area contributed by atoms with E-state index in [9.17, 15) is 9.59 Å².